The molecule has 1 aliphatic heterocycles. The van der Waals surface area contributed by atoms with Gasteiger partial charge in [-0.25, -0.2) is 9.50 Å². The molecule has 0 aromatic carbocycles. The molecule has 0 radical (unpaired) electrons. The Morgan fingerprint density at radius 1 is 1.17 bits per heavy atom. The van der Waals surface area contributed by atoms with Crippen LogP contribution in [0.3, 0.4) is 0 Å². The monoisotopic (exact) mass is 405 g/mol. The lowest BCUT2D eigenvalue weighted by Gasteiger charge is -2.21. The van der Waals surface area contributed by atoms with Gasteiger partial charge in [0.1, 0.15) is 17.1 Å². The third kappa shape index (κ3) is 3.16. The maximum absolute atomic E-state index is 13.6. The third-order valence-electron chi connectivity index (χ3n) is 5.45. The van der Waals surface area contributed by atoms with Crippen LogP contribution in [-0.2, 0) is 6.18 Å². The van der Waals surface area contributed by atoms with Crippen LogP contribution in [0.25, 0.3) is 5.65 Å². The highest BCUT2D eigenvalue weighted by atomic mass is 19.4. The van der Waals surface area contributed by atoms with E-state index < -0.39 is 17.8 Å². The van der Waals surface area contributed by atoms with Gasteiger partial charge in [-0.3, -0.25) is 4.79 Å². The number of likely N-dealkylation sites (tertiary alicyclic amines) is 1. The molecule has 4 heterocycles. The van der Waals surface area contributed by atoms with E-state index in [4.69, 9.17) is 4.52 Å². The average Bonchev–Trinajstić information content (AvgIpc) is 3.05. The fourth-order valence-electron chi connectivity index (χ4n) is 3.90. The predicted octanol–water partition coefficient (Wildman–Crippen LogP) is 3.90. The van der Waals surface area contributed by atoms with E-state index in [-0.39, 0.29) is 23.3 Å². The highest BCUT2D eigenvalue weighted by Crippen LogP contribution is 2.41. The molecule has 1 saturated carbocycles. The lowest BCUT2D eigenvalue weighted by Crippen LogP contribution is -2.31. The van der Waals surface area contributed by atoms with E-state index in [1.54, 1.807) is 17.9 Å². The van der Waals surface area contributed by atoms with Gasteiger partial charge >= 0.3 is 6.18 Å². The number of aromatic nitrogens is 4. The first-order valence-electron chi connectivity index (χ1n) is 9.53. The van der Waals surface area contributed by atoms with Crippen molar-refractivity contribution >= 4 is 11.6 Å². The quantitative estimate of drug-likeness (QED) is 0.661. The minimum atomic E-state index is -4.59. The Morgan fingerprint density at radius 2 is 1.97 bits per heavy atom. The van der Waals surface area contributed by atoms with Crippen LogP contribution >= 0.6 is 0 Å². The van der Waals surface area contributed by atoms with Gasteiger partial charge in [-0.15, -0.1) is 0 Å². The SMILES string of the molecule is Cc1cc(C2CCCN2C(=O)c2cc3nc(C4CC4)cc(C(F)(F)F)n3n2)no1. The van der Waals surface area contributed by atoms with Gasteiger partial charge in [0.25, 0.3) is 5.91 Å². The molecule has 0 bridgehead atoms. The van der Waals surface area contributed by atoms with E-state index in [1.165, 1.54) is 6.07 Å². The minimum absolute atomic E-state index is 0.0399. The lowest BCUT2D eigenvalue weighted by molar-refractivity contribution is -0.142. The lowest BCUT2D eigenvalue weighted by atomic mass is 10.1. The van der Waals surface area contributed by atoms with Crippen molar-refractivity contribution in [2.24, 2.45) is 0 Å². The molecular weight excluding hydrogens is 387 g/mol. The number of alkyl halides is 3. The molecule has 1 amide bonds. The van der Waals surface area contributed by atoms with Gasteiger partial charge in [-0.2, -0.15) is 18.3 Å². The van der Waals surface area contributed by atoms with Crippen molar-refractivity contribution in [2.45, 2.75) is 50.7 Å². The second-order valence-electron chi connectivity index (χ2n) is 7.66. The second kappa shape index (κ2) is 6.30. The van der Waals surface area contributed by atoms with E-state index in [0.29, 0.717) is 30.1 Å². The van der Waals surface area contributed by atoms with Gasteiger partial charge in [0.05, 0.1) is 6.04 Å². The van der Waals surface area contributed by atoms with E-state index in [0.717, 1.165) is 29.8 Å². The molecule has 3 aromatic rings. The summed E-state index contributed by atoms with van der Waals surface area (Å²) >= 11 is 0. The standard InChI is InChI=1S/C19H18F3N5O2/c1-10-7-13(25-29-10)15-3-2-6-26(15)18(28)14-9-17-23-12(11-4-5-11)8-16(19(20,21)22)27(17)24-14/h7-9,11,15H,2-6H2,1H3. The number of amides is 1. The Morgan fingerprint density at radius 3 is 2.62 bits per heavy atom. The van der Waals surface area contributed by atoms with Crippen molar-refractivity contribution in [1.29, 1.82) is 0 Å². The van der Waals surface area contributed by atoms with Crippen molar-refractivity contribution in [1.82, 2.24) is 24.7 Å². The molecule has 1 unspecified atom stereocenters. The normalized spacial score (nSPS) is 20.0. The Labute approximate surface area is 163 Å². The fourth-order valence-corrected chi connectivity index (χ4v) is 3.90. The molecule has 2 aliphatic rings. The van der Waals surface area contributed by atoms with Crippen LogP contribution in [0.1, 0.15) is 71.0 Å². The van der Waals surface area contributed by atoms with Crippen LogP contribution in [0.2, 0.25) is 0 Å². The highest BCUT2D eigenvalue weighted by molar-refractivity contribution is 5.93. The zero-order valence-electron chi connectivity index (χ0n) is 15.6. The van der Waals surface area contributed by atoms with E-state index in [9.17, 15) is 18.0 Å². The van der Waals surface area contributed by atoms with Crippen molar-refractivity contribution in [3.05, 3.63) is 46.7 Å². The first-order valence-corrected chi connectivity index (χ1v) is 9.53. The van der Waals surface area contributed by atoms with Gasteiger partial charge in [0, 0.05) is 30.3 Å². The number of carbonyl (C=O) groups is 1. The molecule has 2 fully saturated rings. The molecule has 5 rings (SSSR count). The molecule has 29 heavy (non-hydrogen) atoms. The van der Waals surface area contributed by atoms with Crippen molar-refractivity contribution in [3.63, 3.8) is 0 Å². The van der Waals surface area contributed by atoms with E-state index in [1.807, 2.05) is 0 Å². The molecule has 3 aromatic heterocycles. The van der Waals surface area contributed by atoms with E-state index in [2.05, 4.69) is 15.2 Å². The van der Waals surface area contributed by atoms with Crippen LogP contribution in [0.4, 0.5) is 13.2 Å². The predicted molar refractivity (Wildman–Crippen MR) is 94.2 cm³/mol. The zero-order chi connectivity index (χ0) is 20.3. The van der Waals surface area contributed by atoms with Crippen LogP contribution in [0, 0.1) is 6.92 Å². The van der Waals surface area contributed by atoms with Gasteiger partial charge < -0.3 is 9.42 Å². The fraction of sp³-hybridized carbons (Fsp3) is 0.474. The molecular formula is C19H18F3N5O2. The number of nitrogens with zero attached hydrogens (tertiary/aromatic N) is 5. The Hall–Kier alpha value is -2.91. The highest BCUT2D eigenvalue weighted by Gasteiger charge is 2.39. The number of hydrogen-bond acceptors (Lipinski definition) is 5. The molecule has 7 nitrogen and oxygen atoms in total. The molecule has 1 saturated heterocycles. The summed E-state index contributed by atoms with van der Waals surface area (Å²) in [6, 6.07) is 3.88. The van der Waals surface area contributed by atoms with Gasteiger partial charge in [0.15, 0.2) is 11.3 Å². The maximum atomic E-state index is 13.6. The Bertz CT molecular complexity index is 1100. The molecule has 0 spiro atoms. The summed E-state index contributed by atoms with van der Waals surface area (Å²) in [5, 5.41) is 7.97. The topological polar surface area (TPSA) is 76.5 Å². The summed E-state index contributed by atoms with van der Waals surface area (Å²) in [7, 11) is 0. The molecule has 0 N–H and O–H groups in total. The van der Waals surface area contributed by atoms with Crippen LogP contribution in [-0.4, -0.2) is 37.1 Å². The molecule has 152 valence electrons. The largest absolute Gasteiger partial charge is 0.433 e. The summed E-state index contributed by atoms with van der Waals surface area (Å²) < 4.78 is 46.6. The minimum Gasteiger partial charge on any atom is -0.361 e. The summed E-state index contributed by atoms with van der Waals surface area (Å²) in [6.07, 6.45) is -1.46. The second-order valence-corrected chi connectivity index (χ2v) is 7.66. The van der Waals surface area contributed by atoms with Crippen LogP contribution in [0.15, 0.2) is 22.7 Å². The number of halogens is 3. The maximum Gasteiger partial charge on any atom is 0.433 e. The third-order valence-corrected chi connectivity index (χ3v) is 5.45. The van der Waals surface area contributed by atoms with E-state index >= 15 is 0 Å². The van der Waals surface area contributed by atoms with Crippen LogP contribution in [0.5, 0.6) is 0 Å². The number of aryl methyl sites for hydroxylation is 1. The molecule has 10 heteroatoms. The summed E-state index contributed by atoms with van der Waals surface area (Å²) in [5.41, 5.74) is 0.123. The molecule has 1 atom stereocenters. The van der Waals surface area contributed by atoms with Gasteiger partial charge in [0.2, 0.25) is 0 Å². The summed E-state index contributed by atoms with van der Waals surface area (Å²) in [5.74, 6) is 0.256. The zero-order valence-corrected chi connectivity index (χ0v) is 15.6. The van der Waals surface area contributed by atoms with Crippen molar-refractivity contribution in [2.75, 3.05) is 6.54 Å². The Kier molecular flexibility index (Phi) is 3.94. The number of rotatable bonds is 3. The Balaban J connectivity index is 1.53. The van der Waals surface area contributed by atoms with Crippen LogP contribution < -0.4 is 0 Å². The van der Waals surface area contributed by atoms with Crippen molar-refractivity contribution < 1.29 is 22.5 Å². The number of fused-ring (bicyclic) bond motifs is 1. The smallest absolute Gasteiger partial charge is 0.361 e. The summed E-state index contributed by atoms with van der Waals surface area (Å²) in [6.45, 7) is 2.25. The number of carbonyl (C=O) groups excluding carboxylic acids is 1. The number of hydrogen-bond donors (Lipinski definition) is 0. The average molecular weight is 405 g/mol. The molecule has 1 aliphatic carbocycles. The first kappa shape index (κ1) is 18.1. The van der Waals surface area contributed by atoms with Gasteiger partial charge in [-0.05, 0) is 38.7 Å². The summed E-state index contributed by atoms with van der Waals surface area (Å²) in [4.78, 5) is 19.0. The van der Waals surface area contributed by atoms with Crippen molar-refractivity contribution in [3.8, 4) is 0 Å². The first-order chi connectivity index (χ1) is 13.8. The van der Waals surface area contributed by atoms with Gasteiger partial charge in [-0.1, -0.05) is 5.16 Å².